The third kappa shape index (κ3) is 3.35. The van der Waals surface area contributed by atoms with Crippen molar-refractivity contribution >= 4 is 22.1 Å². The quantitative estimate of drug-likeness (QED) is 0.398. The SMILES string of the molecule is COc1cn(-c2ccccc2F)c(=O)c2cc(-c3nc(C4CC(C)(O)C4)n4ccnc(N)c34)ccc12. The summed E-state index contributed by atoms with van der Waals surface area (Å²) in [5.74, 6) is 1.09. The van der Waals surface area contributed by atoms with Gasteiger partial charge in [0.1, 0.15) is 34.4 Å². The summed E-state index contributed by atoms with van der Waals surface area (Å²) in [4.78, 5) is 22.7. The second kappa shape index (κ2) is 7.89. The minimum Gasteiger partial charge on any atom is -0.495 e. The van der Waals surface area contributed by atoms with Crippen molar-refractivity contribution in [3.63, 3.8) is 0 Å². The van der Waals surface area contributed by atoms with E-state index >= 15 is 0 Å². The first kappa shape index (κ1) is 22.2. The van der Waals surface area contributed by atoms with Gasteiger partial charge in [-0.3, -0.25) is 13.8 Å². The second-order valence-electron chi connectivity index (χ2n) is 9.54. The molecule has 0 bridgehead atoms. The minimum atomic E-state index is -0.716. The molecule has 9 heteroatoms. The highest BCUT2D eigenvalue weighted by atomic mass is 19.1. The van der Waals surface area contributed by atoms with Gasteiger partial charge in [0.2, 0.25) is 0 Å². The summed E-state index contributed by atoms with van der Waals surface area (Å²) >= 11 is 0. The van der Waals surface area contributed by atoms with Crippen molar-refractivity contribution in [2.45, 2.75) is 31.3 Å². The topological polar surface area (TPSA) is 108 Å². The van der Waals surface area contributed by atoms with Gasteiger partial charge >= 0.3 is 0 Å². The maximum absolute atomic E-state index is 14.6. The van der Waals surface area contributed by atoms with E-state index in [1.165, 1.54) is 23.9 Å². The van der Waals surface area contributed by atoms with Crippen molar-refractivity contribution in [1.29, 1.82) is 0 Å². The number of para-hydroxylation sites is 1. The summed E-state index contributed by atoms with van der Waals surface area (Å²) in [6.07, 6.45) is 6.11. The van der Waals surface area contributed by atoms with Gasteiger partial charge in [0, 0.05) is 29.3 Å². The van der Waals surface area contributed by atoms with Gasteiger partial charge in [-0.15, -0.1) is 0 Å². The van der Waals surface area contributed by atoms with Crippen LogP contribution < -0.4 is 16.0 Å². The zero-order valence-electron chi connectivity index (χ0n) is 19.8. The number of hydrogen-bond donors (Lipinski definition) is 2. The minimum absolute atomic E-state index is 0.0712. The van der Waals surface area contributed by atoms with Crippen molar-refractivity contribution in [3.8, 4) is 22.7 Å². The van der Waals surface area contributed by atoms with Crippen molar-refractivity contribution < 1.29 is 14.2 Å². The normalized spacial score (nSPS) is 19.5. The average Bonchev–Trinajstić information content (AvgIpc) is 3.24. The highest BCUT2D eigenvalue weighted by Gasteiger charge is 2.41. The lowest BCUT2D eigenvalue weighted by Gasteiger charge is -2.40. The van der Waals surface area contributed by atoms with Crippen LogP contribution in [0.25, 0.3) is 33.2 Å². The molecule has 1 fully saturated rings. The fourth-order valence-electron chi connectivity index (χ4n) is 5.21. The zero-order chi connectivity index (χ0) is 25.2. The second-order valence-corrected chi connectivity index (χ2v) is 9.54. The number of halogens is 1. The van der Waals surface area contributed by atoms with E-state index in [-0.39, 0.29) is 17.2 Å². The molecule has 0 atom stereocenters. The zero-order valence-corrected chi connectivity index (χ0v) is 19.8. The van der Waals surface area contributed by atoms with Crippen LogP contribution in [-0.2, 0) is 0 Å². The summed E-state index contributed by atoms with van der Waals surface area (Å²) < 4.78 is 23.3. The number of nitrogens with zero attached hydrogens (tertiary/aromatic N) is 4. The average molecular weight is 486 g/mol. The number of nitrogens with two attached hydrogens (primary N) is 1. The summed E-state index contributed by atoms with van der Waals surface area (Å²) in [6.45, 7) is 1.81. The van der Waals surface area contributed by atoms with Crippen molar-refractivity contribution in [1.82, 2.24) is 18.9 Å². The summed E-state index contributed by atoms with van der Waals surface area (Å²) in [7, 11) is 1.51. The molecule has 0 radical (unpaired) electrons. The molecule has 3 aromatic heterocycles. The smallest absolute Gasteiger partial charge is 0.263 e. The van der Waals surface area contributed by atoms with Gasteiger partial charge < -0.3 is 15.6 Å². The number of nitrogen functional groups attached to an aromatic ring is 1. The van der Waals surface area contributed by atoms with Crippen LogP contribution in [0.3, 0.4) is 0 Å². The maximum atomic E-state index is 14.6. The molecule has 1 saturated carbocycles. The van der Waals surface area contributed by atoms with Crippen LogP contribution in [0.2, 0.25) is 0 Å². The summed E-state index contributed by atoms with van der Waals surface area (Å²) in [5.41, 5.74) is 7.20. The predicted octanol–water partition coefficient (Wildman–Crippen LogP) is 4.06. The van der Waals surface area contributed by atoms with Crippen molar-refractivity contribution in [2.75, 3.05) is 12.8 Å². The van der Waals surface area contributed by atoms with Gasteiger partial charge in [0.15, 0.2) is 0 Å². The molecule has 6 rings (SSSR count). The van der Waals surface area contributed by atoms with Gasteiger partial charge in [-0.05, 0) is 44.0 Å². The highest BCUT2D eigenvalue weighted by molar-refractivity contribution is 5.94. The van der Waals surface area contributed by atoms with Gasteiger partial charge in [-0.1, -0.05) is 18.2 Å². The highest BCUT2D eigenvalue weighted by Crippen LogP contribution is 2.45. The number of anilines is 1. The molecule has 0 unspecified atom stereocenters. The Balaban J connectivity index is 1.58. The number of hydrogen-bond acceptors (Lipinski definition) is 6. The van der Waals surface area contributed by atoms with Crippen LogP contribution in [0.1, 0.15) is 31.5 Å². The fraction of sp³-hybridized carbons (Fsp3) is 0.222. The largest absolute Gasteiger partial charge is 0.495 e. The standard InChI is InChI=1S/C27H24FN5O3/c1-27(35)12-16(13-27)25-31-22(23-24(29)30-9-10-32(23)25)15-7-8-17-18(11-15)26(34)33(14-21(17)36-2)20-6-4-3-5-19(20)28/h3-11,14,16,35H,12-13H2,1-2H3,(H2,29,30). The van der Waals surface area contributed by atoms with E-state index in [1.807, 2.05) is 17.4 Å². The summed E-state index contributed by atoms with van der Waals surface area (Å²) in [5, 5.41) is 11.2. The third-order valence-electron chi connectivity index (χ3n) is 6.93. The van der Waals surface area contributed by atoms with Crippen LogP contribution in [0.4, 0.5) is 10.2 Å². The van der Waals surface area contributed by atoms with Crippen LogP contribution in [0.15, 0.2) is 65.8 Å². The Labute approximate surface area is 205 Å². The molecular formula is C27H24FN5O3. The number of benzene rings is 2. The molecule has 2 aromatic carbocycles. The van der Waals surface area contributed by atoms with E-state index in [0.29, 0.717) is 52.0 Å². The lowest BCUT2D eigenvalue weighted by atomic mass is 9.72. The number of methoxy groups -OCH3 is 1. The first-order chi connectivity index (χ1) is 17.3. The lowest BCUT2D eigenvalue weighted by Crippen LogP contribution is -2.40. The Bertz CT molecular complexity index is 1710. The molecule has 36 heavy (non-hydrogen) atoms. The molecule has 0 amide bonds. The molecule has 182 valence electrons. The van der Waals surface area contributed by atoms with Crippen LogP contribution in [-0.4, -0.2) is 36.8 Å². The monoisotopic (exact) mass is 485 g/mol. The lowest BCUT2D eigenvalue weighted by molar-refractivity contribution is -0.0335. The number of imidazole rings is 1. The van der Waals surface area contributed by atoms with E-state index in [2.05, 4.69) is 4.98 Å². The Hall–Kier alpha value is -4.24. The van der Waals surface area contributed by atoms with Gasteiger partial charge in [0.25, 0.3) is 5.56 Å². The molecule has 0 aliphatic heterocycles. The van der Waals surface area contributed by atoms with Gasteiger partial charge in [0.05, 0.1) is 30.0 Å². The Morgan fingerprint density at radius 2 is 1.97 bits per heavy atom. The summed E-state index contributed by atoms with van der Waals surface area (Å²) in [6, 6.07) is 11.5. The Kier molecular flexibility index (Phi) is 4.87. The van der Waals surface area contributed by atoms with Crippen LogP contribution >= 0.6 is 0 Å². The van der Waals surface area contributed by atoms with Crippen molar-refractivity contribution in [3.05, 3.63) is 83.1 Å². The molecule has 0 spiro atoms. The van der Waals surface area contributed by atoms with E-state index < -0.39 is 11.4 Å². The first-order valence-corrected chi connectivity index (χ1v) is 11.6. The molecule has 1 aliphatic carbocycles. The fourth-order valence-corrected chi connectivity index (χ4v) is 5.21. The van der Waals surface area contributed by atoms with Crippen LogP contribution in [0, 0.1) is 5.82 Å². The van der Waals surface area contributed by atoms with E-state index in [4.69, 9.17) is 15.5 Å². The van der Waals surface area contributed by atoms with E-state index in [9.17, 15) is 14.3 Å². The predicted molar refractivity (Wildman–Crippen MR) is 135 cm³/mol. The number of pyridine rings is 1. The number of aromatic nitrogens is 4. The van der Waals surface area contributed by atoms with E-state index in [0.717, 1.165) is 5.82 Å². The van der Waals surface area contributed by atoms with Crippen LogP contribution in [0.5, 0.6) is 5.75 Å². The third-order valence-corrected chi connectivity index (χ3v) is 6.93. The molecule has 1 aliphatic rings. The molecule has 0 saturated heterocycles. The molecule has 5 aromatic rings. The number of rotatable bonds is 4. The number of ether oxygens (including phenoxy) is 1. The molecular weight excluding hydrogens is 461 g/mol. The Morgan fingerprint density at radius 3 is 2.69 bits per heavy atom. The number of aliphatic hydroxyl groups is 1. The molecule has 8 nitrogen and oxygen atoms in total. The van der Waals surface area contributed by atoms with Crippen molar-refractivity contribution in [2.24, 2.45) is 0 Å². The van der Waals surface area contributed by atoms with Gasteiger partial charge in [-0.25, -0.2) is 14.4 Å². The van der Waals surface area contributed by atoms with Gasteiger partial charge in [-0.2, -0.15) is 0 Å². The number of fused-ring (bicyclic) bond motifs is 2. The molecule has 3 heterocycles. The first-order valence-electron chi connectivity index (χ1n) is 11.6. The Morgan fingerprint density at radius 1 is 1.19 bits per heavy atom. The molecule has 3 N–H and O–H groups in total. The maximum Gasteiger partial charge on any atom is 0.263 e. The van der Waals surface area contributed by atoms with E-state index in [1.54, 1.807) is 42.7 Å².